The lowest BCUT2D eigenvalue weighted by Crippen LogP contribution is -2.36. The fraction of sp³-hybridized carbons (Fsp3) is 0.333. The van der Waals surface area contributed by atoms with Crippen LogP contribution in [-0.4, -0.2) is 32.6 Å². The summed E-state index contributed by atoms with van der Waals surface area (Å²) in [7, 11) is -4.45. The summed E-state index contributed by atoms with van der Waals surface area (Å²) < 4.78 is 62.5. The Bertz CT molecular complexity index is 568. The Morgan fingerprint density at radius 3 is 2.53 bits per heavy atom. The molecule has 19 heavy (non-hydrogen) atoms. The van der Waals surface area contributed by atoms with E-state index >= 15 is 0 Å². The van der Waals surface area contributed by atoms with E-state index in [2.05, 4.69) is 0 Å². The van der Waals surface area contributed by atoms with Crippen molar-refractivity contribution in [3.8, 4) is 0 Å². The number of hydrogen-bond acceptors (Lipinski definition) is 4. The Kier molecular flexibility index (Phi) is 5.02. The smallest absolute Gasteiger partial charge is 0.265 e. The van der Waals surface area contributed by atoms with Crippen LogP contribution in [0.3, 0.4) is 0 Å². The number of hydrogen-bond donors (Lipinski definition) is 3. The molecule has 1 aromatic carbocycles. The number of rotatable bonds is 5. The standard InChI is InChI=1S/C9H10ClF3N2O3S/c10-4-1-5(14)8(11)7(2-4)19(17,18)15-3-6(16)9(12)13/h1-2,6,9,15-16H,3,14H2. The lowest BCUT2D eigenvalue weighted by molar-refractivity contribution is -0.000456. The Morgan fingerprint density at radius 2 is 2.00 bits per heavy atom. The summed E-state index contributed by atoms with van der Waals surface area (Å²) in [5.41, 5.74) is 4.70. The molecule has 0 radical (unpaired) electrons. The summed E-state index contributed by atoms with van der Waals surface area (Å²) in [5, 5.41) is 8.66. The van der Waals surface area contributed by atoms with E-state index in [-0.39, 0.29) is 5.02 Å². The molecule has 0 bridgehead atoms. The van der Waals surface area contributed by atoms with Crippen molar-refractivity contribution in [2.75, 3.05) is 12.3 Å². The molecule has 0 aliphatic carbocycles. The molecule has 0 spiro atoms. The van der Waals surface area contributed by atoms with Crippen molar-refractivity contribution in [3.63, 3.8) is 0 Å². The van der Waals surface area contributed by atoms with E-state index < -0.39 is 45.5 Å². The van der Waals surface area contributed by atoms with Gasteiger partial charge in [0.2, 0.25) is 10.0 Å². The highest BCUT2D eigenvalue weighted by atomic mass is 35.5. The van der Waals surface area contributed by atoms with Gasteiger partial charge in [-0.1, -0.05) is 11.6 Å². The quantitative estimate of drug-likeness (QED) is 0.705. The van der Waals surface area contributed by atoms with E-state index in [1.165, 1.54) is 0 Å². The highest BCUT2D eigenvalue weighted by Crippen LogP contribution is 2.25. The first-order valence-electron chi connectivity index (χ1n) is 4.85. The minimum Gasteiger partial charge on any atom is -0.396 e. The minimum absolute atomic E-state index is 0.131. The number of nitrogens with one attached hydrogen (secondary N) is 1. The molecule has 0 amide bonds. The summed E-state index contributed by atoms with van der Waals surface area (Å²) >= 11 is 5.53. The molecule has 0 saturated carbocycles. The van der Waals surface area contributed by atoms with Crippen LogP contribution in [0.1, 0.15) is 0 Å². The van der Waals surface area contributed by atoms with Crippen molar-refractivity contribution in [1.29, 1.82) is 0 Å². The SMILES string of the molecule is Nc1cc(Cl)cc(S(=O)(=O)NCC(O)C(F)F)c1F. The molecule has 0 aliphatic heterocycles. The van der Waals surface area contributed by atoms with Crippen LogP contribution in [0, 0.1) is 5.82 Å². The van der Waals surface area contributed by atoms with E-state index in [1.54, 1.807) is 4.72 Å². The molecule has 1 aromatic rings. The fourth-order valence-electron chi connectivity index (χ4n) is 1.14. The summed E-state index contributed by atoms with van der Waals surface area (Å²) in [4.78, 5) is -0.876. The molecule has 1 unspecified atom stereocenters. The van der Waals surface area contributed by atoms with Crippen LogP contribution in [0.4, 0.5) is 18.9 Å². The van der Waals surface area contributed by atoms with Gasteiger partial charge in [-0.25, -0.2) is 26.3 Å². The van der Waals surface area contributed by atoms with Crippen LogP contribution in [0.15, 0.2) is 17.0 Å². The molecule has 0 heterocycles. The maximum atomic E-state index is 13.5. The molecule has 10 heteroatoms. The van der Waals surface area contributed by atoms with Crippen LogP contribution < -0.4 is 10.5 Å². The molecule has 0 fully saturated rings. The second-order valence-corrected chi connectivity index (χ2v) is 5.73. The third-order valence-electron chi connectivity index (χ3n) is 2.10. The zero-order valence-corrected chi connectivity index (χ0v) is 10.9. The van der Waals surface area contributed by atoms with Crippen LogP contribution >= 0.6 is 11.6 Å². The van der Waals surface area contributed by atoms with Gasteiger partial charge in [0.05, 0.1) is 5.69 Å². The molecule has 0 aromatic heterocycles. The number of halogens is 4. The summed E-state index contributed by atoms with van der Waals surface area (Å²) in [6.45, 7) is -0.966. The van der Waals surface area contributed by atoms with Gasteiger partial charge in [-0.2, -0.15) is 0 Å². The van der Waals surface area contributed by atoms with E-state index in [9.17, 15) is 21.6 Å². The van der Waals surface area contributed by atoms with Crippen molar-refractivity contribution < 1.29 is 26.7 Å². The maximum absolute atomic E-state index is 13.5. The molecular weight excluding hydrogens is 309 g/mol. The van der Waals surface area contributed by atoms with Gasteiger partial charge < -0.3 is 10.8 Å². The maximum Gasteiger partial charge on any atom is 0.265 e. The highest BCUT2D eigenvalue weighted by molar-refractivity contribution is 7.89. The molecule has 5 nitrogen and oxygen atoms in total. The van der Waals surface area contributed by atoms with Gasteiger partial charge in [0.15, 0.2) is 5.82 Å². The van der Waals surface area contributed by atoms with Gasteiger partial charge in [0.1, 0.15) is 11.0 Å². The van der Waals surface area contributed by atoms with Gasteiger partial charge in [-0.15, -0.1) is 0 Å². The van der Waals surface area contributed by atoms with Gasteiger partial charge in [-0.05, 0) is 12.1 Å². The monoisotopic (exact) mass is 318 g/mol. The third kappa shape index (κ3) is 3.96. The van der Waals surface area contributed by atoms with Crippen molar-refractivity contribution in [2.24, 2.45) is 0 Å². The molecule has 0 aliphatic rings. The van der Waals surface area contributed by atoms with E-state index in [0.29, 0.717) is 0 Å². The topological polar surface area (TPSA) is 92.4 Å². The average molecular weight is 319 g/mol. The first-order valence-corrected chi connectivity index (χ1v) is 6.71. The number of aliphatic hydroxyl groups is 1. The fourth-order valence-corrected chi connectivity index (χ4v) is 2.61. The first-order chi connectivity index (χ1) is 8.65. The van der Waals surface area contributed by atoms with Gasteiger partial charge in [0.25, 0.3) is 6.43 Å². The Hall–Kier alpha value is -1.03. The van der Waals surface area contributed by atoms with Crippen LogP contribution in [-0.2, 0) is 10.0 Å². The van der Waals surface area contributed by atoms with Gasteiger partial charge >= 0.3 is 0 Å². The molecule has 0 saturated heterocycles. The third-order valence-corrected chi connectivity index (χ3v) is 3.74. The van der Waals surface area contributed by atoms with Gasteiger partial charge in [0, 0.05) is 11.6 Å². The number of alkyl halides is 2. The number of nitrogens with two attached hydrogens (primary N) is 1. The molecule has 108 valence electrons. The largest absolute Gasteiger partial charge is 0.396 e. The normalized spacial score (nSPS) is 13.8. The predicted molar refractivity (Wildman–Crippen MR) is 63.0 cm³/mol. The number of sulfonamides is 1. The number of anilines is 1. The minimum atomic E-state index is -4.45. The Morgan fingerprint density at radius 1 is 1.42 bits per heavy atom. The molecule has 1 atom stereocenters. The lowest BCUT2D eigenvalue weighted by Gasteiger charge is -2.12. The van der Waals surface area contributed by atoms with Gasteiger partial charge in [-0.3, -0.25) is 0 Å². The lowest BCUT2D eigenvalue weighted by atomic mass is 10.3. The van der Waals surface area contributed by atoms with Crippen molar-refractivity contribution in [2.45, 2.75) is 17.4 Å². The van der Waals surface area contributed by atoms with E-state index in [1.807, 2.05) is 0 Å². The zero-order chi connectivity index (χ0) is 14.8. The second-order valence-electron chi connectivity index (χ2n) is 3.56. The van der Waals surface area contributed by atoms with Crippen LogP contribution in [0.2, 0.25) is 5.02 Å². The summed E-state index contributed by atoms with van der Waals surface area (Å²) in [5.74, 6) is -1.25. The second kappa shape index (κ2) is 5.95. The molecular formula is C9H10ClF3N2O3S. The Balaban J connectivity index is 3.01. The van der Waals surface area contributed by atoms with Crippen molar-refractivity contribution in [3.05, 3.63) is 23.0 Å². The zero-order valence-electron chi connectivity index (χ0n) is 9.28. The highest BCUT2D eigenvalue weighted by Gasteiger charge is 2.25. The van der Waals surface area contributed by atoms with Crippen molar-refractivity contribution in [1.82, 2.24) is 4.72 Å². The predicted octanol–water partition coefficient (Wildman–Crippen LogP) is 0.966. The molecule has 1 rings (SSSR count). The average Bonchev–Trinajstić information content (AvgIpc) is 2.30. The van der Waals surface area contributed by atoms with Crippen molar-refractivity contribution >= 4 is 27.3 Å². The van der Waals surface area contributed by atoms with Crippen LogP contribution in [0.25, 0.3) is 0 Å². The van der Waals surface area contributed by atoms with E-state index in [4.69, 9.17) is 22.4 Å². The molecule has 4 N–H and O–H groups in total. The summed E-state index contributed by atoms with van der Waals surface area (Å²) in [6, 6.07) is 1.79. The number of nitrogen functional groups attached to an aromatic ring is 1. The first kappa shape index (κ1) is 16.0. The summed E-state index contributed by atoms with van der Waals surface area (Å²) in [6.07, 6.45) is -5.33. The number of benzene rings is 1. The van der Waals surface area contributed by atoms with E-state index in [0.717, 1.165) is 12.1 Å². The number of aliphatic hydroxyl groups excluding tert-OH is 1. The van der Waals surface area contributed by atoms with Crippen LogP contribution in [0.5, 0.6) is 0 Å². The Labute approximate surface area is 112 Å².